The van der Waals surface area contributed by atoms with Gasteiger partial charge in [0.15, 0.2) is 5.16 Å². The zero-order valence-corrected chi connectivity index (χ0v) is 19.2. The molecule has 1 saturated carbocycles. The maximum atomic E-state index is 13.3. The van der Waals surface area contributed by atoms with Gasteiger partial charge in [-0.25, -0.2) is 4.98 Å². The summed E-state index contributed by atoms with van der Waals surface area (Å²) in [5, 5.41) is 4.82. The molecule has 5 nitrogen and oxygen atoms in total. The second kappa shape index (κ2) is 9.45. The van der Waals surface area contributed by atoms with Crippen LogP contribution in [0.1, 0.15) is 33.1 Å². The third-order valence-corrected chi connectivity index (χ3v) is 7.41. The van der Waals surface area contributed by atoms with Gasteiger partial charge < -0.3 is 5.32 Å². The first-order valence-electron chi connectivity index (χ1n) is 10.6. The van der Waals surface area contributed by atoms with Crippen molar-refractivity contribution in [3.8, 4) is 5.69 Å². The highest BCUT2D eigenvalue weighted by Gasteiger charge is 2.28. The van der Waals surface area contributed by atoms with E-state index in [2.05, 4.69) is 19.2 Å². The van der Waals surface area contributed by atoms with Crippen LogP contribution in [0, 0.1) is 11.8 Å². The number of carbonyl (C=O) groups excluding carboxylic acids is 1. The molecule has 1 aromatic heterocycles. The molecule has 1 fully saturated rings. The highest BCUT2D eigenvalue weighted by Crippen LogP contribution is 2.30. The van der Waals surface area contributed by atoms with E-state index in [0.717, 1.165) is 12.8 Å². The minimum absolute atomic E-state index is 0.0268. The zero-order chi connectivity index (χ0) is 22.0. The van der Waals surface area contributed by atoms with Gasteiger partial charge in [0.1, 0.15) is 0 Å². The van der Waals surface area contributed by atoms with Gasteiger partial charge in [-0.15, -0.1) is 0 Å². The number of carbonyl (C=O) groups is 1. The predicted octanol–water partition coefficient (Wildman–Crippen LogP) is 5.07. The number of hydrogen-bond acceptors (Lipinski definition) is 4. The van der Waals surface area contributed by atoms with E-state index in [1.807, 2.05) is 18.2 Å². The Morgan fingerprint density at radius 3 is 2.68 bits per heavy atom. The highest BCUT2D eigenvalue weighted by atomic mass is 35.5. The third kappa shape index (κ3) is 4.80. The molecule has 1 aliphatic carbocycles. The van der Waals surface area contributed by atoms with Crippen molar-refractivity contribution in [2.45, 2.75) is 44.3 Å². The molecule has 2 aromatic carbocycles. The Hall–Kier alpha value is -2.31. The van der Waals surface area contributed by atoms with Crippen LogP contribution in [0.4, 0.5) is 0 Å². The number of thioether (sulfide) groups is 1. The number of fused-ring (bicyclic) bond motifs is 1. The molecule has 3 aromatic rings. The lowest BCUT2D eigenvalue weighted by Gasteiger charge is -2.34. The van der Waals surface area contributed by atoms with Gasteiger partial charge in [0.2, 0.25) is 5.91 Å². The smallest absolute Gasteiger partial charge is 0.266 e. The van der Waals surface area contributed by atoms with E-state index in [9.17, 15) is 9.59 Å². The second-order valence-electron chi connectivity index (χ2n) is 8.26. The first kappa shape index (κ1) is 21.9. The first-order valence-corrected chi connectivity index (χ1v) is 12.0. The molecule has 0 radical (unpaired) electrons. The summed E-state index contributed by atoms with van der Waals surface area (Å²) >= 11 is 7.31. The summed E-state index contributed by atoms with van der Waals surface area (Å²) in [6.45, 7) is 4.46. The largest absolute Gasteiger partial charge is 0.352 e. The lowest BCUT2D eigenvalue weighted by molar-refractivity contribution is -0.120. The van der Waals surface area contributed by atoms with Crippen molar-refractivity contribution in [3.63, 3.8) is 0 Å². The van der Waals surface area contributed by atoms with Crippen LogP contribution in [0.2, 0.25) is 5.02 Å². The van der Waals surface area contributed by atoms with Gasteiger partial charge in [-0.3, -0.25) is 14.2 Å². The average Bonchev–Trinajstić information content (AvgIpc) is 2.76. The normalized spacial score (nSPS) is 21.2. The molecular weight excluding hydrogens is 430 g/mol. The summed E-state index contributed by atoms with van der Waals surface area (Å²) in [5.41, 5.74) is 1.13. The van der Waals surface area contributed by atoms with Crippen molar-refractivity contribution in [1.82, 2.24) is 14.9 Å². The highest BCUT2D eigenvalue weighted by molar-refractivity contribution is 7.99. The number of benzene rings is 2. The third-order valence-electron chi connectivity index (χ3n) is 6.22. The fourth-order valence-electron chi connectivity index (χ4n) is 4.19. The molecular formula is C24H26ClN3O2S. The summed E-state index contributed by atoms with van der Waals surface area (Å²) in [5.74, 6) is 1.26. The summed E-state index contributed by atoms with van der Waals surface area (Å²) in [6, 6.07) is 14.5. The van der Waals surface area contributed by atoms with Gasteiger partial charge in [-0.1, -0.05) is 62.2 Å². The lowest BCUT2D eigenvalue weighted by Crippen LogP contribution is -2.44. The van der Waals surface area contributed by atoms with E-state index in [4.69, 9.17) is 16.6 Å². The molecule has 0 spiro atoms. The van der Waals surface area contributed by atoms with Crippen LogP contribution in [-0.4, -0.2) is 27.3 Å². The summed E-state index contributed by atoms with van der Waals surface area (Å²) in [7, 11) is 0. The van der Waals surface area contributed by atoms with Gasteiger partial charge in [0.05, 0.1) is 22.3 Å². The molecule has 1 N–H and O–H groups in total. The van der Waals surface area contributed by atoms with Crippen LogP contribution in [0.5, 0.6) is 0 Å². The van der Waals surface area contributed by atoms with Gasteiger partial charge in [0.25, 0.3) is 5.56 Å². The van der Waals surface area contributed by atoms with Gasteiger partial charge >= 0.3 is 0 Å². The van der Waals surface area contributed by atoms with Crippen LogP contribution < -0.4 is 10.9 Å². The average molecular weight is 456 g/mol. The Labute approximate surface area is 191 Å². The Bertz CT molecular complexity index is 1150. The zero-order valence-electron chi connectivity index (χ0n) is 17.7. The Morgan fingerprint density at radius 1 is 1.16 bits per heavy atom. The minimum atomic E-state index is -0.162. The van der Waals surface area contributed by atoms with E-state index in [1.54, 1.807) is 34.9 Å². The molecule has 0 bridgehead atoms. The van der Waals surface area contributed by atoms with Crippen molar-refractivity contribution >= 4 is 40.2 Å². The minimum Gasteiger partial charge on any atom is -0.352 e. The number of hydrogen-bond donors (Lipinski definition) is 1. The van der Waals surface area contributed by atoms with Gasteiger partial charge in [0, 0.05) is 11.1 Å². The molecule has 0 saturated heterocycles. The van der Waals surface area contributed by atoms with Crippen LogP contribution in [0.15, 0.2) is 58.5 Å². The topological polar surface area (TPSA) is 64.0 Å². The molecule has 4 rings (SSSR count). The monoisotopic (exact) mass is 455 g/mol. The number of nitrogens with one attached hydrogen (secondary N) is 1. The van der Waals surface area contributed by atoms with Crippen LogP contribution in [0.3, 0.4) is 0 Å². The number of aromatic nitrogens is 2. The number of halogens is 1. The molecule has 31 heavy (non-hydrogen) atoms. The molecule has 1 aliphatic rings. The van der Waals surface area contributed by atoms with Crippen LogP contribution in [-0.2, 0) is 4.79 Å². The van der Waals surface area contributed by atoms with E-state index in [0.29, 0.717) is 38.6 Å². The van der Waals surface area contributed by atoms with E-state index in [1.165, 1.54) is 18.2 Å². The number of para-hydroxylation sites is 1. The van der Waals surface area contributed by atoms with Crippen molar-refractivity contribution in [1.29, 1.82) is 0 Å². The molecule has 0 aliphatic heterocycles. The maximum absolute atomic E-state index is 13.3. The van der Waals surface area contributed by atoms with E-state index < -0.39 is 0 Å². The molecule has 1 amide bonds. The maximum Gasteiger partial charge on any atom is 0.266 e. The Kier molecular flexibility index (Phi) is 6.68. The molecule has 3 unspecified atom stereocenters. The number of amides is 1. The Balaban J connectivity index is 1.60. The molecule has 7 heteroatoms. The second-order valence-corrected chi connectivity index (χ2v) is 9.64. The van der Waals surface area contributed by atoms with Crippen LogP contribution >= 0.6 is 23.4 Å². The SMILES string of the molecule is CC1CCCC(NC(=O)CSc2nc3ccccc3c(=O)n2-c2ccc(Cl)cc2)C1C. The Morgan fingerprint density at radius 2 is 1.90 bits per heavy atom. The summed E-state index contributed by atoms with van der Waals surface area (Å²) < 4.78 is 1.56. The molecule has 1 heterocycles. The van der Waals surface area contributed by atoms with Crippen molar-refractivity contribution in [2.75, 3.05) is 5.75 Å². The van der Waals surface area contributed by atoms with Crippen molar-refractivity contribution in [3.05, 3.63) is 63.9 Å². The summed E-state index contributed by atoms with van der Waals surface area (Å²) in [6.07, 6.45) is 3.38. The van der Waals surface area contributed by atoms with Crippen molar-refractivity contribution in [2.24, 2.45) is 11.8 Å². The standard InChI is InChI=1S/C24H26ClN3O2S/c1-15-6-5-9-20(16(15)2)26-22(29)14-31-24-27-21-8-4-3-7-19(21)23(30)28(24)18-12-10-17(25)11-13-18/h3-4,7-8,10-13,15-16,20H,5-6,9,14H2,1-2H3,(H,26,29). The fraction of sp³-hybridized carbons (Fsp3) is 0.375. The lowest BCUT2D eigenvalue weighted by atomic mass is 9.78. The van der Waals surface area contributed by atoms with Crippen LogP contribution in [0.25, 0.3) is 16.6 Å². The predicted molar refractivity (Wildman–Crippen MR) is 127 cm³/mol. The van der Waals surface area contributed by atoms with Crippen molar-refractivity contribution < 1.29 is 4.79 Å². The number of rotatable bonds is 5. The van der Waals surface area contributed by atoms with Gasteiger partial charge in [-0.2, -0.15) is 0 Å². The number of nitrogens with zero attached hydrogens (tertiary/aromatic N) is 2. The summed E-state index contributed by atoms with van der Waals surface area (Å²) in [4.78, 5) is 30.7. The first-order chi connectivity index (χ1) is 14.9. The van der Waals surface area contributed by atoms with E-state index in [-0.39, 0.29) is 23.3 Å². The molecule has 162 valence electrons. The molecule has 3 atom stereocenters. The van der Waals surface area contributed by atoms with Gasteiger partial charge in [-0.05, 0) is 54.7 Å². The quantitative estimate of drug-likeness (QED) is 0.430. The van der Waals surface area contributed by atoms with E-state index >= 15 is 0 Å². The fourth-order valence-corrected chi connectivity index (χ4v) is 5.14.